The highest BCUT2D eigenvalue weighted by Crippen LogP contribution is 2.14. The molecule has 0 atom stereocenters. The number of rotatable bonds is 10. The normalized spacial score (nSPS) is 11.4. The topological polar surface area (TPSA) is 43.4 Å². The van der Waals surface area contributed by atoms with E-state index < -0.39 is 10.1 Å². The van der Waals surface area contributed by atoms with Gasteiger partial charge in [0, 0.05) is 0 Å². The molecular formula is C16H24O3S. The van der Waals surface area contributed by atoms with Gasteiger partial charge in [-0.15, -0.1) is 6.58 Å². The molecule has 1 aromatic rings. The lowest BCUT2D eigenvalue weighted by atomic mass is 10.1. The van der Waals surface area contributed by atoms with Gasteiger partial charge >= 0.3 is 0 Å². The molecule has 0 aromatic heterocycles. The van der Waals surface area contributed by atoms with Crippen molar-refractivity contribution in [2.45, 2.75) is 50.3 Å². The van der Waals surface area contributed by atoms with E-state index in [9.17, 15) is 8.42 Å². The van der Waals surface area contributed by atoms with Gasteiger partial charge in [-0.2, -0.15) is 8.42 Å². The van der Waals surface area contributed by atoms with Gasteiger partial charge in [0.1, 0.15) is 0 Å². The summed E-state index contributed by atoms with van der Waals surface area (Å²) in [6.45, 7) is 5.86. The minimum absolute atomic E-state index is 0.231. The minimum atomic E-state index is -3.59. The lowest BCUT2D eigenvalue weighted by molar-refractivity contribution is 0.306. The van der Waals surface area contributed by atoms with Crippen LogP contribution in [-0.2, 0) is 14.3 Å². The molecular weight excluding hydrogens is 272 g/mol. The molecule has 0 amide bonds. The molecule has 0 aliphatic carbocycles. The predicted molar refractivity (Wildman–Crippen MR) is 82.2 cm³/mol. The van der Waals surface area contributed by atoms with Crippen LogP contribution in [0.25, 0.3) is 0 Å². The van der Waals surface area contributed by atoms with E-state index >= 15 is 0 Å². The molecule has 0 heterocycles. The Balaban J connectivity index is 2.23. The first-order valence-corrected chi connectivity index (χ1v) is 8.54. The fourth-order valence-corrected chi connectivity index (χ4v) is 2.81. The van der Waals surface area contributed by atoms with E-state index in [-0.39, 0.29) is 11.5 Å². The van der Waals surface area contributed by atoms with Crippen LogP contribution in [0.5, 0.6) is 0 Å². The number of benzene rings is 1. The first kappa shape index (κ1) is 16.9. The predicted octanol–water partition coefficient (Wildman–Crippen LogP) is 4.23. The average Bonchev–Trinajstić information content (AvgIpc) is 2.42. The molecule has 3 nitrogen and oxygen atoms in total. The maximum absolute atomic E-state index is 11.9. The van der Waals surface area contributed by atoms with Crippen LogP contribution in [-0.4, -0.2) is 15.0 Å². The molecule has 0 aliphatic heterocycles. The van der Waals surface area contributed by atoms with E-state index in [1.54, 1.807) is 24.3 Å². The third-order valence-corrected chi connectivity index (χ3v) is 4.43. The summed E-state index contributed by atoms with van der Waals surface area (Å²) in [7, 11) is -3.59. The number of allylic oxidation sites excluding steroid dienone is 1. The lowest BCUT2D eigenvalue weighted by Crippen LogP contribution is -2.07. The standard InChI is InChI=1S/C16H24O3S/c1-3-4-5-6-7-8-9-14-19-20(17,18)16-12-10-15(2)11-13-16/h3,10-13H,1,4-9,14H2,2H3. The van der Waals surface area contributed by atoms with Crippen molar-refractivity contribution in [1.29, 1.82) is 0 Å². The van der Waals surface area contributed by atoms with Gasteiger partial charge in [-0.3, -0.25) is 4.18 Å². The largest absolute Gasteiger partial charge is 0.296 e. The lowest BCUT2D eigenvalue weighted by Gasteiger charge is -2.06. The Hall–Kier alpha value is -1.13. The molecule has 0 saturated heterocycles. The molecule has 0 radical (unpaired) electrons. The van der Waals surface area contributed by atoms with E-state index in [1.165, 1.54) is 0 Å². The van der Waals surface area contributed by atoms with Crippen LogP contribution in [0.15, 0.2) is 41.8 Å². The monoisotopic (exact) mass is 296 g/mol. The van der Waals surface area contributed by atoms with Crippen molar-refractivity contribution in [2.75, 3.05) is 6.61 Å². The number of hydrogen-bond donors (Lipinski definition) is 0. The summed E-state index contributed by atoms with van der Waals surface area (Å²) in [6.07, 6.45) is 8.19. The van der Waals surface area contributed by atoms with Crippen molar-refractivity contribution in [3.63, 3.8) is 0 Å². The van der Waals surface area contributed by atoms with Crippen molar-refractivity contribution < 1.29 is 12.6 Å². The fraction of sp³-hybridized carbons (Fsp3) is 0.500. The highest BCUT2D eigenvalue weighted by molar-refractivity contribution is 7.86. The van der Waals surface area contributed by atoms with Crippen LogP contribution < -0.4 is 0 Å². The van der Waals surface area contributed by atoms with E-state index in [0.29, 0.717) is 0 Å². The second-order valence-corrected chi connectivity index (χ2v) is 6.55. The zero-order valence-corrected chi connectivity index (χ0v) is 13.0. The van der Waals surface area contributed by atoms with Crippen molar-refractivity contribution >= 4 is 10.1 Å². The number of unbranched alkanes of at least 4 members (excludes halogenated alkanes) is 5. The summed E-state index contributed by atoms with van der Waals surface area (Å²) in [5.74, 6) is 0. The highest BCUT2D eigenvalue weighted by atomic mass is 32.2. The third-order valence-electron chi connectivity index (χ3n) is 3.10. The maximum Gasteiger partial charge on any atom is 0.296 e. The second kappa shape index (κ2) is 8.93. The Bertz CT molecular complexity index is 489. The van der Waals surface area contributed by atoms with Gasteiger partial charge in [-0.1, -0.05) is 43.0 Å². The molecule has 0 bridgehead atoms. The van der Waals surface area contributed by atoms with Crippen molar-refractivity contribution in [3.8, 4) is 0 Å². The van der Waals surface area contributed by atoms with Crippen molar-refractivity contribution in [1.82, 2.24) is 0 Å². The highest BCUT2D eigenvalue weighted by Gasteiger charge is 2.13. The molecule has 0 aliphatic rings. The zero-order valence-electron chi connectivity index (χ0n) is 12.2. The first-order chi connectivity index (χ1) is 9.56. The Morgan fingerprint density at radius 1 is 1.05 bits per heavy atom. The Labute approximate surface area is 122 Å². The summed E-state index contributed by atoms with van der Waals surface area (Å²) < 4.78 is 28.8. The van der Waals surface area contributed by atoms with Gasteiger partial charge in [-0.25, -0.2) is 0 Å². The van der Waals surface area contributed by atoms with Crippen LogP contribution in [0.4, 0.5) is 0 Å². The molecule has 20 heavy (non-hydrogen) atoms. The van der Waals surface area contributed by atoms with E-state index in [4.69, 9.17) is 4.18 Å². The van der Waals surface area contributed by atoms with E-state index in [0.717, 1.165) is 44.1 Å². The minimum Gasteiger partial charge on any atom is -0.266 e. The Morgan fingerprint density at radius 3 is 2.30 bits per heavy atom. The Morgan fingerprint density at radius 2 is 1.65 bits per heavy atom. The van der Waals surface area contributed by atoms with Crippen molar-refractivity contribution in [2.24, 2.45) is 0 Å². The van der Waals surface area contributed by atoms with Crippen LogP contribution >= 0.6 is 0 Å². The maximum atomic E-state index is 11.9. The molecule has 0 unspecified atom stereocenters. The molecule has 1 aromatic carbocycles. The summed E-state index contributed by atoms with van der Waals surface area (Å²) in [6, 6.07) is 6.71. The summed E-state index contributed by atoms with van der Waals surface area (Å²) in [4.78, 5) is 0.231. The first-order valence-electron chi connectivity index (χ1n) is 7.13. The fourth-order valence-electron chi connectivity index (χ4n) is 1.86. The van der Waals surface area contributed by atoms with Crippen LogP contribution in [0.2, 0.25) is 0 Å². The van der Waals surface area contributed by atoms with Crippen molar-refractivity contribution in [3.05, 3.63) is 42.5 Å². The molecule has 0 spiro atoms. The van der Waals surface area contributed by atoms with Gasteiger partial charge in [0.25, 0.3) is 10.1 Å². The van der Waals surface area contributed by atoms with Gasteiger partial charge < -0.3 is 0 Å². The number of hydrogen-bond acceptors (Lipinski definition) is 3. The summed E-state index contributed by atoms with van der Waals surface area (Å²) in [5, 5.41) is 0. The molecule has 0 fully saturated rings. The Kier molecular flexibility index (Phi) is 7.55. The average molecular weight is 296 g/mol. The molecule has 112 valence electrons. The van der Waals surface area contributed by atoms with Gasteiger partial charge in [0.05, 0.1) is 11.5 Å². The van der Waals surface area contributed by atoms with Crippen LogP contribution in [0, 0.1) is 6.92 Å². The molecule has 0 saturated carbocycles. The molecule has 0 N–H and O–H groups in total. The van der Waals surface area contributed by atoms with Crippen LogP contribution in [0.3, 0.4) is 0 Å². The SMILES string of the molecule is C=CCCCCCCCOS(=O)(=O)c1ccc(C)cc1. The van der Waals surface area contributed by atoms with Gasteiger partial charge in [0.2, 0.25) is 0 Å². The van der Waals surface area contributed by atoms with E-state index in [1.807, 2.05) is 13.0 Å². The number of aryl methyl sites for hydroxylation is 1. The smallest absolute Gasteiger partial charge is 0.266 e. The molecule has 4 heteroatoms. The summed E-state index contributed by atoms with van der Waals surface area (Å²) in [5.41, 5.74) is 1.03. The second-order valence-electron chi connectivity index (χ2n) is 4.93. The quantitative estimate of drug-likeness (QED) is 0.369. The van der Waals surface area contributed by atoms with Gasteiger partial charge in [-0.05, 0) is 38.3 Å². The van der Waals surface area contributed by atoms with E-state index in [2.05, 4.69) is 6.58 Å². The van der Waals surface area contributed by atoms with Gasteiger partial charge in [0.15, 0.2) is 0 Å². The zero-order chi connectivity index (χ0) is 14.8. The molecule has 1 rings (SSSR count). The summed E-state index contributed by atoms with van der Waals surface area (Å²) >= 11 is 0. The van der Waals surface area contributed by atoms with Crippen LogP contribution in [0.1, 0.15) is 44.1 Å². The third kappa shape index (κ3) is 6.35.